The molecule has 10 heavy (non-hydrogen) atoms. The van der Waals surface area contributed by atoms with Crippen molar-refractivity contribution in [2.75, 3.05) is 0 Å². The van der Waals surface area contributed by atoms with Crippen LogP contribution in [0.2, 0.25) is 0 Å². The molecule has 0 rings (SSSR count). The highest BCUT2D eigenvalue weighted by Gasteiger charge is 2.08. The Hall–Kier alpha value is -0.810. The summed E-state index contributed by atoms with van der Waals surface area (Å²) >= 11 is 0. The first-order valence-electron chi connectivity index (χ1n) is 2.89. The molecule has 0 saturated heterocycles. The molecule has 60 valence electrons. The van der Waals surface area contributed by atoms with Crippen LogP contribution in [-0.4, -0.2) is 21.9 Å². The fraction of sp³-hybridized carbons (Fsp3) is 0.800. The summed E-state index contributed by atoms with van der Waals surface area (Å²) in [5, 5.41) is 16.6. The average Bonchev–Trinajstić information content (AvgIpc) is 1.81. The molecule has 0 fully saturated rings. The highest BCUT2D eigenvalue weighted by molar-refractivity contribution is 5.77. The van der Waals surface area contributed by atoms with Crippen LogP contribution in [0.1, 0.15) is 20.8 Å². The number of aliphatic imine (C=N–C) groups is 1. The first-order valence-corrected chi connectivity index (χ1v) is 2.89. The van der Waals surface area contributed by atoms with Gasteiger partial charge in [-0.2, -0.15) is 0 Å². The number of rotatable bonds is 0. The zero-order valence-electron chi connectivity index (χ0n) is 6.34. The minimum Gasteiger partial charge on any atom is -0.288 e. The summed E-state index contributed by atoms with van der Waals surface area (Å²) in [5.74, 6) is -0.0625. The molecule has 0 bridgehead atoms. The maximum Gasteiger partial charge on any atom is 0.240 e. The molecule has 4 N–H and O–H groups in total. The standard InChI is InChI=1S/C5H13N3O2/c1-5(2,3)6-4(7-9)8-10/h9-10H,1-3H3,(H2,6,7,8). The van der Waals surface area contributed by atoms with Gasteiger partial charge in [0.15, 0.2) is 0 Å². The van der Waals surface area contributed by atoms with E-state index in [0.717, 1.165) is 0 Å². The minimum atomic E-state index is -0.333. The van der Waals surface area contributed by atoms with Crippen LogP contribution in [-0.2, 0) is 0 Å². The van der Waals surface area contributed by atoms with E-state index in [1.807, 2.05) is 20.8 Å². The lowest BCUT2D eigenvalue weighted by atomic mass is 10.1. The SMILES string of the molecule is CC(C)(C)N=C(NO)NO. The monoisotopic (exact) mass is 147 g/mol. The molecule has 0 aliphatic carbocycles. The van der Waals surface area contributed by atoms with Gasteiger partial charge in [0.2, 0.25) is 5.96 Å². The summed E-state index contributed by atoms with van der Waals surface area (Å²) in [5.41, 5.74) is 3.06. The Bertz CT molecular complexity index is 121. The molecule has 5 heteroatoms. The number of guanidine groups is 1. The third-order valence-electron chi connectivity index (χ3n) is 0.659. The number of hydrogen-bond donors (Lipinski definition) is 4. The number of hydrogen-bond acceptors (Lipinski definition) is 3. The number of hydroxylamine groups is 2. The molecule has 0 saturated carbocycles. The third kappa shape index (κ3) is 4.11. The van der Waals surface area contributed by atoms with Crippen molar-refractivity contribution in [2.45, 2.75) is 26.3 Å². The van der Waals surface area contributed by atoms with Crippen molar-refractivity contribution in [3.8, 4) is 0 Å². The molecule has 0 aromatic carbocycles. The molecule has 0 aromatic heterocycles. The Morgan fingerprint density at radius 2 is 1.60 bits per heavy atom. The predicted octanol–water partition coefficient (Wildman–Crippen LogP) is 0.0985. The molecule has 0 radical (unpaired) electrons. The van der Waals surface area contributed by atoms with Crippen LogP contribution in [0, 0.1) is 0 Å². The van der Waals surface area contributed by atoms with Gasteiger partial charge in [0.1, 0.15) is 0 Å². The molecule has 0 amide bonds. The molecule has 0 aliphatic heterocycles. The van der Waals surface area contributed by atoms with Crippen LogP contribution in [0.25, 0.3) is 0 Å². The van der Waals surface area contributed by atoms with E-state index in [9.17, 15) is 0 Å². The predicted molar refractivity (Wildman–Crippen MR) is 37.0 cm³/mol. The van der Waals surface area contributed by atoms with Crippen molar-refractivity contribution in [1.82, 2.24) is 11.0 Å². The van der Waals surface area contributed by atoms with Crippen molar-refractivity contribution in [3.05, 3.63) is 0 Å². The molecule has 5 nitrogen and oxygen atoms in total. The van der Waals surface area contributed by atoms with Crippen molar-refractivity contribution in [1.29, 1.82) is 0 Å². The van der Waals surface area contributed by atoms with E-state index in [4.69, 9.17) is 10.4 Å². The summed E-state index contributed by atoms with van der Waals surface area (Å²) in [6, 6.07) is 0. The Labute approximate surface area is 59.7 Å². The van der Waals surface area contributed by atoms with Crippen LogP contribution >= 0.6 is 0 Å². The van der Waals surface area contributed by atoms with E-state index >= 15 is 0 Å². The van der Waals surface area contributed by atoms with Gasteiger partial charge in [0.25, 0.3) is 0 Å². The van der Waals surface area contributed by atoms with E-state index < -0.39 is 0 Å². The van der Waals surface area contributed by atoms with Gasteiger partial charge in [-0.05, 0) is 20.8 Å². The fourth-order valence-electron chi connectivity index (χ4n) is 0.410. The quantitative estimate of drug-likeness (QED) is 0.222. The lowest BCUT2D eigenvalue weighted by Crippen LogP contribution is -2.35. The summed E-state index contributed by atoms with van der Waals surface area (Å²) in [7, 11) is 0. The molecule has 0 spiro atoms. The Balaban J connectivity index is 4.11. The van der Waals surface area contributed by atoms with Gasteiger partial charge in [-0.25, -0.2) is 16.0 Å². The summed E-state index contributed by atoms with van der Waals surface area (Å²) < 4.78 is 0. The van der Waals surface area contributed by atoms with Crippen LogP contribution < -0.4 is 11.0 Å². The maximum absolute atomic E-state index is 8.29. The van der Waals surface area contributed by atoms with E-state index in [0.29, 0.717) is 0 Å². The van der Waals surface area contributed by atoms with Crippen molar-refractivity contribution in [3.63, 3.8) is 0 Å². The van der Waals surface area contributed by atoms with E-state index in [2.05, 4.69) is 4.99 Å². The molecule has 0 aliphatic rings. The number of nitrogens with one attached hydrogen (secondary N) is 2. The number of nitrogens with zero attached hydrogens (tertiary/aromatic N) is 1. The van der Waals surface area contributed by atoms with Gasteiger partial charge in [-0.15, -0.1) is 0 Å². The summed E-state index contributed by atoms with van der Waals surface area (Å²) in [6.07, 6.45) is 0. The molecule has 0 heterocycles. The lowest BCUT2D eigenvalue weighted by Gasteiger charge is -2.13. The average molecular weight is 147 g/mol. The van der Waals surface area contributed by atoms with Gasteiger partial charge >= 0.3 is 0 Å². The topological polar surface area (TPSA) is 76.9 Å². The maximum atomic E-state index is 8.29. The van der Waals surface area contributed by atoms with Gasteiger partial charge in [0.05, 0.1) is 5.54 Å². The van der Waals surface area contributed by atoms with E-state index in [-0.39, 0.29) is 11.5 Å². The molecule has 0 aromatic rings. The zero-order chi connectivity index (χ0) is 8.20. The van der Waals surface area contributed by atoms with E-state index in [1.54, 1.807) is 11.0 Å². The Morgan fingerprint density at radius 3 is 1.70 bits per heavy atom. The smallest absolute Gasteiger partial charge is 0.240 e. The van der Waals surface area contributed by atoms with Crippen LogP contribution in [0.5, 0.6) is 0 Å². The third-order valence-corrected chi connectivity index (χ3v) is 0.659. The highest BCUT2D eigenvalue weighted by atomic mass is 16.5. The van der Waals surface area contributed by atoms with Crippen molar-refractivity contribution in [2.24, 2.45) is 4.99 Å². The highest BCUT2D eigenvalue weighted by Crippen LogP contribution is 2.04. The summed E-state index contributed by atoms with van der Waals surface area (Å²) in [6.45, 7) is 5.50. The first-order chi connectivity index (χ1) is 4.49. The summed E-state index contributed by atoms with van der Waals surface area (Å²) in [4.78, 5) is 3.84. The lowest BCUT2D eigenvalue weighted by molar-refractivity contribution is 0.179. The van der Waals surface area contributed by atoms with Gasteiger partial charge in [-0.1, -0.05) is 0 Å². The van der Waals surface area contributed by atoms with Crippen molar-refractivity contribution >= 4 is 5.96 Å². The second-order valence-corrected chi connectivity index (χ2v) is 2.85. The van der Waals surface area contributed by atoms with Crippen LogP contribution in [0.3, 0.4) is 0 Å². The minimum absolute atomic E-state index is 0.0625. The normalized spacial score (nSPS) is 10.5. The first kappa shape index (κ1) is 9.19. The second-order valence-electron chi connectivity index (χ2n) is 2.85. The molecular weight excluding hydrogens is 134 g/mol. The fourth-order valence-corrected chi connectivity index (χ4v) is 0.410. The van der Waals surface area contributed by atoms with Crippen molar-refractivity contribution < 1.29 is 10.4 Å². The second kappa shape index (κ2) is 3.38. The Kier molecular flexibility index (Phi) is 3.11. The van der Waals surface area contributed by atoms with E-state index in [1.165, 1.54) is 0 Å². The van der Waals surface area contributed by atoms with Crippen LogP contribution in [0.4, 0.5) is 0 Å². The largest absolute Gasteiger partial charge is 0.288 e. The zero-order valence-corrected chi connectivity index (χ0v) is 6.34. The van der Waals surface area contributed by atoms with Gasteiger partial charge in [0, 0.05) is 0 Å². The molecular formula is C5H13N3O2. The Morgan fingerprint density at radius 1 is 1.20 bits per heavy atom. The molecule has 0 unspecified atom stereocenters. The van der Waals surface area contributed by atoms with Gasteiger partial charge < -0.3 is 0 Å². The van der Waals surface area contributed by atoms with Crippen LogP contribution in [0.15, 0.2) is 4.99 Å². The molecule has 0 atom stereocenters. The van der Waals surface area contributed by atoms with Gasteiger partial charge in [-0.3, -0.25) is 10.4 Å².